The Labute approximate surface area is 129 Å². The molecule has 23 heavy (non-hydrogen) atoms. The number of carbonyl (C=O) groups excluding carboxylic acids is 1. The summed E-state index contributed by atoms with van der Waals surface area (Å²) in [6.45, 7) is 1.27. The van der Waals surface area contributed by atoms with E-state index in [1.165, 1.54) is 12.1 Å². The highest BCUT2D eigenvalue weighted by Gasteiger charge is 2.39. The predicted molar refractivity (Wildman–Crippen MR) is 72.5 cm³/mol. The van der Waals surface area contributed by atoms with Crippen LogP contribution in [0.4, 0.5) is 13.2 Å². The van der Waals surface area contributed by atoms with Crippen molar-refractivity contribution < 1.29 is 27.8 Å². The van der Waals surface area contributed by atoms with Crippen molar-refractivity contribution in [3.8, 4) is 0 Å². The first-order chi connectivity index (χ1) is 10.8. The topological polar surface area (TPSA) is 72.7 Å². The molecular formula is C14H13F3N2O4. The Hall–Kier alpha value is -2.58. The number of hydroxylamine groups is 1. The lowest BCUT2D eigenvalue weighted by molar-refractivity contribution is -0.722. The van der Waals surface area contributed by atoms with E-state index in [4.69, 9.17) is 4.84 Å². The summed E-state index contributed by atoms with van der Waals surface area (Å²) >= 11 is 0. The van der Waals surface area contributed by atoms with E-state index >= 15 is 0 Å². The summed E-state index contributed by atoms with van der Waals surface area (Å²) in [4.78, 5) is 28.2. The molecule has 0 aromatic heterocycles. The van der Waals surface area contributed by atoms with E-state index in [0.717, 1.165) is 12.1 Å². The first-order valence-electron chi connectivity index (χ1n) is 6.78. The molecule has 0 spiro atoms. The fourth-order valence-electron chi connectivity index (χ4n) is 2.24. The summed E-state index contributed by atoms with van der Waals surface area (Å²) in [7, 11) is 0. The minimum atomic E-state index is -4.69. The molecule has 1 aromatic carbocycles. The van der Waals surface area contributed by atoms with Crippen molar-refractivity contribution in [2.45, 2.75) is 25.9 Å². The number of hydrazine groups is 1. The van der Waals surface area contributed by atoms with Gasteiger partial charge in [-0.25, -0.2) is 10.1 Å². The third-order valence-corrected chi connectivity index (χ3v) is 3.26. The van der Waals surface area contributed by atoms with E-state index < -0.39 is 34.7 Å². The Morgan fingerprint density at radius 3 is 2.61 bits per heavy atom. The molecule has 2 rings (SSSR count). The Morgan fingerprint density at radius 1 is 1.39 bits per heavy atom. The zero-order valence-corrected chi connectivity index (χ0v) is 12.1. The zero-order valence-electron chi connectivity index (χ0n) is 12.1. The standard InChI is InChI=1S/C14H13F3N2O4/c1-2-5-12-10(8-18(23-12)19(21)22)13(20)9-6-3-4-7-11(9)14(15,16)17/h3-4,6-7H,2,5,8H2,1H3. The van der Waals surface area contributed by atoms with Gasteiger partial charge in [-0.1, -0.05) is 25.1 Å². The Balaban J connectivity index is 2.43. The van der Waals surface area contributed by atoms with E-state index in [0.29, 0.717) is 11.6 Å². The van der Waals surface area contributed by atoms with Gasteiger partial charge in [0.1, 0.15) is 5.76 Å². The number of nitrogens with zero attached hydrogens (tertiary/aromatic N) is 2. The zero-order chi connectivity index (χ0) is 17.2. The molecule has 0 atom stereocenters. The number of alkyl halides is 3. The van der Waals surface area contributed by atoms with Crippen LogP contribution in [0.25, 0.3) is 0 Å². The number of rotatable bonds is 5. The minimum absolute atomic E-state index is 0.0335. The highest BCUT2D eigenvalue weighted by molar-refractivity contribution is 6.10. The number of hydrogen-bond donors (Lipinski definition) is 0. The van der Waals surface area contributed by atoms with Crippen LogP contribution in [-0.4, -0.2) is 22.5 Å². The van der Waals surface area contributed by atoms with Crippen molar-refractivity contribution in [1.29, 1.82) is 0 Å². The molecule has 0 bridgehead atoms. The maximum atomic E-state index is 13.0. The molecule has 0 saturated heterocycles. The van der Waals surface area contributed by atoms with Gasteiger partial charge in [0, 0.05) is 12.0 Å². The van der Waals surface area contributed by atoms with E-state index in [9.17, 15) is 28.1 Å². The molecule has 0 aliphatic carbocycles. The third-order valence-electron chi connectivity index (χ3n) is 3.26. The number of carbonyl (C=O) groups is 1. The molecule has 0 fully saturated rings. The lowest BCUT2D eigenvalue weighted by Gasteiger charge is -2.11. The molecule has 0 N–H and O–H groups in total. The van der Waals surface area contributed by atoms with Crippen LogP contribution < -0.4 is 0 Å². The average molecular weight is 330 g/mol. The van der Waals surface area contributed by atoms with Gasteiger partial charge in [0.05, 0.1) is 16.3 Å². The van der Waals surface area contributed by atoms with E-state index in [-0.39, 0.29) is 17.8 Å². The third kappa shape index (κ3) is 3.43. The molecule has 0 unspecified atom stereocenters. The monoisotopic (exact) mass is 330 g/mol. The van der Waals surface area contributed by atoms with Gasteiger partial charge in [-0.05, 0) is 12.5 Å². The molecule has 1 aromatic rings. The molecule has 1 aliphatic rings. The number of hydrogen-bond acceptors (Lipinski definition) is 4. The fourth-order valence-corrected chi connectivity index (χ4v) is 2.24. The van der Waals surface area contributed by atoms with E-state index in [1.807, 2.05) is 0 Å². The fraction of sp³-hybridized carbons (Fsp3) is 0.357. The normalized spacial score (nSPS) is 14.9. The van der Waals surface area contributed by atoms with Gasteiger partial charge < -0.3 is 4.84 Å². The number of ketones is 1. The van der Waals surface area contributed by atoms with Crippen molar-refractivity contribution in [1.82, 2.24) is 5.17 Å². The molecule has 124 valence electrons. The summed E-state index contributed by atoms with van der Waals surface area (Å²) in [5.74, 6) is -0.878. The van der Waals surface area contributed by atoms with Crippen LogP contribution in [0.3, 0.4) is 0 Å². The number of benzene rings is 1. The molecule has 0 saturated carbocycles. The maximum Gasteiger partial charge on any atom is 0.417 e. The molecule has 0 radical (unpaired) electrons. The molecule has 9 heteroatoms. The molecule has 0 amide bonds. The molecular weight excluding hydrogens is 317 g/mol. The van der Waals surface area contributed by atoms with Crippen LogP contribution in [0.2, 0.25) is 0 Å². The van der Waals surface area contributed by atoms with Gasteiger partial charge in [-0.15, -0.1) is 0 Å². The lowest BCUT2D eigenvalue weighted by Crippen LogP contribution is -2.27. The number of Topliss-reactive ketones (excluding diaryl/α,β-unsaturated/α-hetero) is 1. The predicted octanol–water partition coefficient (Wildman–Crippen LogP) is 3.38. The summed E-state index contributed by atoms with van der Waals surface area (Å²) in [6.07, 6.45) is -3.95. The number of allylic oxidation sites excluding steroid dienone is 1. The first kappa shape index (κ1) is 16.8. The molecule has 1 aliphatic heterocycles. The van der Waals surface area contributed by atoms with Gasteiger partial charge >= 0.3 is 6.18 Å². The van der Waals surface area contributed by atoms with Crippen molar-refractivity contribution in [2.75, 3.05) is 6.54 Å². The van der Waals surface area contributed by atoms with Crippen molar-refractivity contribution in [3.63, 3.8) is 0 Å². The lowest BCUT2D eigenvalue weighted by atomic mass is 9.96. The van der Waals surface area contributed by atoms with Crippen molar-refractivity contribution in [3.05, 3.63) is 56.8 Å². The number of halogens is 3. The van der Waals surface area contributed by atoms with Crippen LogP contribution >= 0.6 is 0 Å². The maximum absolute atomic E-state index is 13.0. The van der Waals surface area contributed by atoms with E-state index in [1.54, 1.807) is 6.92 Å². The Morgan fingerprint density at radius 2 is 2.04 bits per heavy atom. The van der Waals surface area contributed by atoms with Gasteiger partial charge in [0.25, 0.3) is 0 Å². The van der Waals surface area contributed by atoms with Crippen LogP contribution in [0.15, 0.2) is 35.6 Å². The van der Waals surface area contributed by atoms with E-state index in [2.05, 4.69) is 0 Å². The highest BCUT2D eigenvalue weighted by Crippen LogP contribution is 2.34. The molecule has 6 nitrogen and oxygen atoms in total. The summed E-state index contributed by atoms with van der Waals surface area (Å²) < 4.78 is 39.1. The Kier molecular flexibility index (Phi) is 4.57. The quantitative estimate of drug-likeness (QED) is 0.470. The summed E-state index contributed by atoms with van der Waals surface area (Å²) in [6, 6.07) is 4.34. The Bertz CT molecular complexity index is 670. The average Bonchev–Trinajstić information content (AvgIpc) is 2.90. The summed E-state index contributed by atoms with van der Waals surface area (Å²) in [5.41, 5.74) is -1.74. The second-order valence-corrected chi connectivity index (χ2v) is 4.86. The first-order valence-corrected chi connectivity index (χ1v) is 6.78. The van der Waals surface area contributed by atoms with Crippen LogP contribution in [0.1, 0.15) is 35.7 Å². The smallest absolute Gasteiger partial charge is 0.332 e. The van der Waals surface area contributed by atoms with Gasteiger partial charge in [-0.3, -0.25) is 4.79 Å². The summed E-state index contributed by atoms with van der Waals surface area (Å²) in [5, 5.41) is 10.3. The number of nitro groups is 1. The SMILES string of the molecule is CCCC1=C(C(=O)c2ccccc2C(F)(F)F)CN([N+](=O)[O-])O1. The van der Waals surface area contributed by atoms with Crippen molar-refractivity contribution >= 4 is 5.78 Å². The highest BCUT2D eigenvalue weighted by atomic mass is 19.4. The second-order valence-electron chi connectivity index (χ2n) is 4.86. The largest absolute Gasteiger partial charge is 0.417 e. The van der Waals surface area contributed by atoms with Crippen molar-refractivity contribution in [2.24, 2.45) is 0 Å². The van der Waals surface area contributed by atoms with Crippen LogP contribution in [0.5, 0.6) is 0 Å². The minimum Gasteiger partial charge on any atom is -0.332 e. The van der Waals surface area contributed by atoms with Gasteiger partial charge in [-0.2, -0.15) is 13.2 Å². The van der Waals surface area contributed by atoms with Crippen LogP contribution in [0, 0.1) is 10.1 Å². The van der Waals surface area contributed by atoms with Crippen LogP contribution in [-0.2, 0) is 11.0 Å². The van der Waals surface area contributed by atoms with Gasteiger partial charge in [0.2, 0.25) is 0 Å². The molecule has 1 heterocycles. The van der Waals surface area contributed by atoms with Gasteiger partial charge in [0.15, 0.2) is 17.4 Å². The second kappa shape index (κ2) is 6.27.